The van der Waals surface area contributed by atoms with Crippen molar-refractivity contribution in [3.8, 4) is 5.75 Å². The molecule has 0 saturated carbocycles. The van der Waals surface area contributed by atoms with E-state index >= 15 is 0 Å². The maximum atomic E-state index is 12.8. The summed E-state index contributed by atoms with van der Waals surface area (Å²) >= 11 is 3.41. The van der Waals surface area contributed by atoms with Gasteiger partial charge >= 0.3 is 0 Å². The molecule has 4 heteroatoms. The molecule has 1 aromatic carbocycles. The highest BCUT2D eigenvalue weighted by Gasteiger charge is 2.24. The van der Waals surface area contributed by atoms with Crippen LogP contribution < -0.4 is 4.74 Å². The first-order valence-electron chi connectivity index (χ1n) is 7.65. The lowest BCUT2D eigenvalue weighted by Gasteiger charge is -2.22. The van der Waals surface area contributed by atoms with Crippen LogP contribution in [-0.4, -0.2) is 31.0 Å². The van der Waals surface area contributed by atoms with E-state index in [4.69, 9.17) is 4.74 Å². The molecule has 0 bridgehead atoms. The molecule has 3 nitrogen and oxygen atoms in total. The second-order valence-electron chi connectivity index (χ2n) is 6.07. The van der Waals surface area contributed by atoms with Crippen molar-refractivity contribution in [1.82, 2.24) is 4.90 Å². The molecule has 1 saturated heterocycles. The summed E-state index contributed by atoms with van der Waals surface area (Å²) in [6.45, 7) is 6.25. The largest absolute Gasteiger partial charge is 0.496 e. The van der Waals surface area contributed by atoms with E-state index in [2.05, 4.69) is 29.8 Å². The molecule has 1 unspecified atom stereocenters. The van der Waals surface area contributed by atoms with Gasteiger partial charge in [0.15, 0.2) is 0 Å². The standard InChI is InChI=1S/C17H24BrNO2/c1-12(2)13-5-4-9-19(10-8-13)17(20)15-7-6-14(18)11-16(15)21-3/h6-7,11-13H,4-5,8-10H2,1-3H3. The highest BCUT2D eigenvalue weighted by Crippen LogP contribution is 2.28. The number of nitrogens with zero attached hydrogens (tertiary/aromatic N) is 1. The molecule has 0 aliphatic carbocycles. The second-order valence-corrected chi connectivity index (χ2v) is 6.99. The van der Waals surface area contributed by atoms with E-state index in [1.54, 1.807) is 7.11 Å². The molecule has 0 aromatic heterocycles. The minimum absolute atomic E-state index is 0.0868. The van der Waals surface area contributed by atoms with Gasteiger partial charge in [-0.25, -0.2) is 0 Å². The molecule has 1 aromatic rings. The van der Waals surface area contributed by atoms with Crippen molar-refractivity contribution in [3.63, 3.8) is 0 Å². The summed E-state index contributed by atoms with van der Waals surface area (Å²) in [6.07, 6.45) is 3.41. The monoisotopic (exact) mass is 353 g/mol. The smallest absolute Gasteiger partial charge is 0.257 e. The van der Waals surface area contributed by atoms with Gasteiger partial charge in [0.25, 0.3) is 5.91 Å². The van der Waals surface area contributed by atoms with Gasteiger partial charge in [0.05, 0.1) is 12.7 Å². The lowest BCUT2D eigenvalue weighted by Crippen LogP contribution is -2.32. The predicted octanol–water partition coefficient (Wildman–Crippen LogP) is 4.36. The highest BCUT2D eigenvalue weighted by atomic mass is 79.9. The summed E-state index contributed by atoms with van der Waals surface area (Å²) in [4.78, 5) is 14.7. The maximum Gasteiger partial charge on any atom is 0.257 e. The average molecular weight is 354 g/mol. The third kappa shape index (κ3) is 4.00. The molecule has 2 rings (SSSR count). The Morgan fingerprint density at radius 2 is 2.10 bits per heavy atom. The zero-order chi connectivity index (χ0) is 15.4. The minimum Gasteiger partial charge on any atom is -0.496 e. The average Bonchev–Trinajstić information content (AvgIpc) is 2.72. The zero-order valence-electron chi connectivity index (χ0n) is 13.1. The summed E-state index contributed by atoms with van der Waals surface area (Å²) < 4.78 is 6.27. The summed E-state index contributed by atoms with van der Waals surface area (Å²) in [5.41, 5.74) is 0.656. The first-order chi connectivity index (χ1) is 10.0. The third-order valence-electron chi connectivity index (χ3n) is 4.40. The molecular formula is C17H24BrNO2. The van der Waals surface area contributed by atoms with Gasteiger partial charge in [0, 0.05) is 17.6 Å². The van der Waals surface area contributed by atoms with E-state index < -0.39 is 0 Å². The van der Waals surface area contributed by atoms with E-state index in [9.17, 15) is 4.79 Å². The van der Waals surface area contributed by atoms with Crippen LogP contribution in [0.1, 0.15) is 43.5 Å². The lowest BCUT2D eigenvalue weighted by molar-refractivity contribution is 0.0755. The normalized spacial score (nSPS) is 19.5. The van der Waals surface area contributed by atoms with Crippen LogP contribution in [0.15, 0.2) is 22.7 Å². The van der Waals surface area contributed by atoms with Crippen molar-refractivity contribution >= 4 is 21.8 Å². The van der Waals surface area contributed by atoms with Crippen LogP contribution in [0.25, 0.3) is 0 Å². The van der Waals surface area contributed by atoms with E-state index in [-0.39, 0.29) is 5.91 Å². The SMILES string of the molecule is COc1cc(Br)ccc1C(=O)N1CCCC(C(C)C)CC1. The van der Waals surface area contributed by atoms with Crippen LogP contribution in [0, 0.1) is 11.8 Å². The fourth-order valence-corrected chi connectivity index (χ4v) is 3.34. The van der Waals surface area contributed by atoms with Gasteiger partial charge in [-0.15, -0.1) is 0 Å². The van der Waals surface area contributed by atoms with Gasteiger partial charge < -0.3 is 9.64 Å². The van der Waals surface area contributed by atoms with Crippen LogP contribution in [0.2, 0.25) is 0 Å². The van der Waals surface area contributed by atoms with Crippen molar-refractivity contribution in [2.24, 2.45) is 11.8 Å². The van der Waals surface area contributed by atoms with Gasteiger partial charge in [-0.1, -0.05) is 29.8 Å². The van der Waals surface area contributed by atoms with Crippen LogP contribution in [0.3, 0.4) is 0 Å². The van der Waals surface area contributed by atoms with Crippen molar-refractivity contribution < 1.29 is 9.53 Å². The van der Waals surface area contributed by atoms with Crippen LogP contribution >= 0.6 is 15.9 Å². The fraction of sp³-hybridized carbons (Fsp3) is 0.588. The Bertz CT molecular complexity index is 502. The van der Waals surface area contributed by atoms with Crippen molar-refractivity contribution in [3.05, 3.63) is 28.2 Å². The van der Waals surface area contributed by atoms with E-state index in [0.29, 0.717) is 17.2 Å². The Hall–Kier alpha value is -1.03. The summed E-state index contributed by atoms with van der Waals surface area (Å²) in [6, 6.07) is 5.59. The van der Waals surface area contributed by atoms with Crippen molar-refractivity contribution in [2.75, 3.05) is 20.2 Å². The first-order valence-corrected chi connectivity index (χ1v) is 8.45. The number of ether oxygens (including phenoxy) is 1. The molecule has 1 amide bonds. The second kappa shape index (κ2) is 7.30. The number of benzene rings is 1. The van der Waals surface area contributed by atoms with Gasteiger partial charge in [0.1, 0.15) is 5.75 Å². The number of hydrogen-bond acceptors (Lipinski definition) is 2. The number of methoxy groups -OCH3 is 1. The number of halogens is 1. The maximum absolute atomic E-state index is 12.8. The fourth-order valence-electron chi connectivity index (χ4n) is 3.00. The van der Waals surface area contributed by atoms with Gasteiger partial charge in [-0.05, 0) is 49.3 Å². The summed E-state index contributed by atoms with van der Waals surface area (Å²) in [5.74, 6) is 2.15. The number of amides is 1. The van der Waals surface area contributed by atoms with Gasteiger partial charge in [0.2, 0.25) is 0 Å². The summed E-state index contributed by atoms with van der Waals surface area (Å²) in [5, 5.41) is 0. The Morgan fingerprint density at radius 1 is 1.33 bits per heavy atom. The zero-order valence-corrected chi connectivity index (χ0v) is 14.6. The molecule has 0 N–H and O–H groups in total. The van der Waals surface area contributed by atoms with Crippen molar-refractivity contribution in [1.29, 1.82) is 0 Å². The van der Waals surface area contributed by atoms with Crippen molar-refractivity contribution in [2.45, 2.75) is 33.1 Å². The van der Waals surface area contributed by atoms with Crippen LogP contribution in [0.5, 0.6) is 5.75 Å². The number of carbonyl (C=O) groups is 1. The number of carbonyl (C=O) groups excluding carboxylic acids is 1. The van der Waals surface area contributed by atoms with E-state index in [1.165, 1.54) is 6.42 Å². The first kappa shape index (κ1) is 16.3. The summed E-state index contributed by atoms with van der Waals surface area (Å²) in [7, 11) is 1.61. The Labute approximate surface area is 135 Å². The molecule has 0 spiro atoms. The Morgan fingerprint density at radius 3 is 2.76 bits per heavy atom. The van der Waals surface area contributed by atoms with Gasteiger partial charge in [-0.2, -0.15) is 0 Å². The minimum atomic E-state index is 0.0868. The predicted molar refractivity (Wildman–Crippen MR) is 88.8 cm³/mol. The van der Waals surface area contributed by atoms with Gasteiger partial charge in [-0.3, -0.25) is 4.79 Å². The Balaban J connectivity index is 2.13. The van der Waals surface area contributed by atoms with Crippen LogP contribution in [0.4, 0.5) is 0 Å². The highest BCUT2D eigenvalue weighted by molar-refractivity contribution is 9.10. The van der Waals surface area contributed by atoms with E-state index in [0.717, 1.165) is 36.3 Å². The molecule has 1 aliphatic rings. The quantitative estimate of drug-likeness (QED) is 0.807. The van der Waals surface area contributed by atoms with Crippen LogP contribution in [-0.2, 0) is 0 Å². The molecule has 0 radical (unpaired) electrons. The number of likely N-dealkylation sites (tertiary alicyclic amines) is 1. The lowest BCUT2D eigenvalue weighted by atomic mass is 9.89. The Kier molecular flexibility index (Phi) is 5.68. The molecule has 116 valence electrons. The molecule has 1 aliphatic heterocycles. The molecule has 1 fully saturated rings. The topological polar surface area (TPSA) is 29.5 Å². The number of rotatable bonds is 3. The number of hydrogen-bond donors (Lipinski definition) is 0. The van der Waals surface area contributed by atoms with E-state index in [1.807, 2.05) is 23.1 Å². The third-order valence-corrected chi connectivity index (χ3v) is 4.89. The molecule has 21 heavy (non-hydrogen) atoms. The molecule has 1 heterocycles. The molecule has 1 atom stereocenters. The molecular weight excluding hydrogens is 330 g/mol.